The lowest BCUT2D eigenvalue weighted by atomic mass is 9.73. The number of phenols is 15. The number of aliphatic hydroxyl groups excluding tert-OH is 3. The summed E-state index contributed by atoms with van der Waals surface area (Å²) in [5.41, 5.74) is -15.3. The molecule has 6 aliphatic heterocycles. The molecule has 1 fully saturated rings. The average Bonchev–Trinajstić information content (AvgIpc) is 3.42. The second kappa shape index (κ2) is 16.7. The number of carbonyl (C=O) groups excluding carboxylic acids is 5. The molecule has 5 aromatic rings. The van der Waals surface area contributed by atoms with Crippen LogP contribution in [-0.4, -0.2) is 184 Å². The molecule has 11 rings (SSSR count). The Kier molecular flexibility index (Phi) is 10.9. The minimum absolute atomic E-state index is 0.303. The van der Waals surface area contributed by atoms with Crippen molar-refractivity contribution < 1.29 is 144 Å². The number of aliphatic hydroxyl groups is 3. The fraction of sp³-hybridized carbons (Fsp3) is 0.239. The minimum atomic E-state index is -2.89. The second-order valence-electron chi connectivity index (χ2n) is 17.5. The standard InChI is InChI=1S/C46H34O29/c47-9-1-6-14(28(55)24(9)51)15-7(2-10(48)25(52)29(15)56)44(67)73-38-13(5-71-42(6)65)72-43(66)8-3-11(49)26(53)30(57)16(8)17-21-18(32(59)35(62)31(17)58)19-22-20(34(61)36(63)33(19)60)23(39-37(64)27(54)12(50)4-70-39)40(74-45(22)68)41(38)75-46(21)69/h1-3,12-13,23,27,37-41,47-64H,4-5H2. The highest BCUT2D eigenvalue weighted by molar-refractivity contribution is 6.16. The number of esters is 5. The van der Waals surface area contributed by atoms with Crippen LogP contribution in [0.15, 0.2) is 18.2 Å². The lowest BCUT2D eigenvalue weighted by molar-refractivity contribution is -0.209. The van der Waals surface area contributed by atoms with Crippen LogP contribution in [0.3, 0.4) is 0 Å². The summed E-state index contributed by atoms with van der Waals surface area (Å²) in [5, 5.41) is 201. The Morgan fingerprint density at radius 1 is 0.347 bits per heavy atom. The summed E-state index contributed by atoms with van der Waals surface area (Å²) in [6.07, 6.45) is -19.9. The highest BCUT2D eigenvalue weighted by atomic mass is 16.6. The first-order valence-corrected chi connectivity index (χ1v) is 21.4. The van der Waals surface area contributed by atoms with Gasteiger partial charge in [-0.05, 0) is 18.2 Å². The summed E-state index contributed by atoms with van der Waals surface area (Å²) in [7, 11) is 0. The summed E-state index contributed by atoms with van der Waals surface area (Å²) < 4.78 is 34.5. The van der Waals surface area contributed by atoms with E-state index in [9.17, 15) is 111 Å². The molecule has 0 saturated carbocycles. The molecule has 29 nitrogen and oxygen atoms in total. The molecule has 75 heavy (non-hydrogen) atoms. The smallest absolute Gasteiger partial charge is 0.340 e. The number of fused-ring (bicyclic) bond motifs is 7. The van der Waals surface area contributed by atoms with E-state index >= 15 is 4.79 Å². The van der Waals surface area contributed by atoms with Gasteiger partial charge in [0.2, 0.25) is 28.7 Å². The van der Waals surface area contributed by atoms with E-state index in [1.54, 1.807) is 0 Å². The fourth-order valence-electron chi connectivity index (χ4n) is 9.95. The van der Waals surface area contributed by atoms with Crippen molar-refractivity contribution in [3.63, 3.8) is 0 Å². The molecule has 9 atom stereocenters. The molecule has 0 amide bonds. The quantitative estimate of drug-likeness (QED) is 0.0589. The summed E-state index contributed by atoms with van der Waals surface area (Å²) in [6, 6.07) is 1.01. The number of aromatic hydroxyl groups is 15. The molecule has 6 aliphatic rings. The van der Waals surface area contributed by atoms with Crippen molar-refractivity contribution in [3.8, 4) is 120 Å². The predicted octanol–water partition coefficient (Wildman–Crippen LogP) is -0.150. The third-order valence-corrected chi connectivity index (χ3v) is 13.4. The van der Waals surface area contributed by atoms with Gasteiger partial charge in [0.1, 0.15) is 24.9 Å². The molecule has 0 aliphatic carbocycles. The van der Waals surface area contributed by atoms with Gasteiger partial charge >= 0.3 is 29.8 Å². The number of rotatable bonds is 1. The first-order valence-electron chi connectivity index (χ1n) is 21.4. The van der Waals surface area contributed by atoms with Gasteiger partial charge in [-0.25, -0.2) is 24.0 Å². The Bertz CT molecular complexity index is 3450. The molecule has 6 bridgehead atoms. The first-order chi connectivity index (χ1) is 35.3. The van der Waals surface area contributed by atoms with E-state index in [1.807, 2.05) is 0 Å². The van der Waals surface area contributed by atoms with Crippen molar-refractivity contribution in [2.24, 2.45) is 0 Å². The molecule has 0 radical (unpaired) electrons. The number of hydrogen-bond donors (Lipinski definition) is 18. The second-order valence-corrected chi connectivity index (χ2v) is 17.5. The molecule has 1 saturated heterocycles. The van der Waals surface area contributed by atoms with Gasteiger partial charge in [0.15, 0.2) is 81.9 Å². The number of cyclic esters (lactones) is 1. The molecule has 0 spiro atoms. The third kappa shape index (κ3) is 6.75. The number of benzene rings is 5. The third-order valence-electron chi connectivity index (χ3n) is 13.4. The highest BCUT2D eigenvalue weighted by Crippen LogP contribution is 2.63. The van der Waals surface area contributed by atoms with Crippen LogP contribution in [-0.2, 0) is 28.4 Å². The molecule has 18 N–H and O–H groups in total. The topological polar surface area (TPSA) is 505 Å². The fourth-order valence-corrected chi connectivity index (χ4v) is 9.95. The zero-order valence-electron chi connectivity index (χ0n) is 36.9. The molecule has 0 aromatic heterocycles. The van der Waals surface area contributed by atoms with Crippen LogP contribution in [0.4, 0.5) is 0 Å². The van der Waals surface area contributed by atoms with Crippen LogP contribution in [0.25, 0.3) is 33.4 Å². The van der Waals surface area contributed by atoms with Crippen molar-refractivity contribution in [1.29, 1.82) is 0 Å². The van der Waals surface area contributed by atoms with Gasteiger partial charge < -0.3 is 120 Å². The van der Waals surface area contributed by atoms with Crippen LogP contribution >= 0.6 is 0 Å². The zero-order chi connectivity index (χ0) is 54.4. The van der Waals surface area contributed by atoms with Crippen molar-refractivity contribution in [1.82, 2.24) is 0 Å². The van der Waals surface area contributed by atoms with Crippen molar-refractivity contribution in [3.05, 3.63) is 51.6 Å². The molecular weight excluding hydrogens is 1020 g/mol. The predicted molar refractivity (Wildman–Crippen MR) is 232 cm³/mol. The lowest BCUT2D eigenvalue weighted by Gasteiger charge is -2.47. The van der Waals surface area contributed by atoms with Crippen LogP contribution in [0, 0.1) is 0 Å². The van der Waals surface area contributed by atoms with Crippen molar-refractivity contribution >= 4 is 29.8 Å². The summed E-state index contributed by atoms with van der Waals surface area (Å²) in [6.45, 7) is -2.50. The van der Waals surface area contributed by atoms with E-state index in [0.29, 0.717) is 18.2 Å². The average molecular weight is 1050 g/mol. The van der Waals surface area contributed by atoms with Gasteiger partial charge in [-0.1, -0.05) is 0 Å². The maximum absolute atomic E-state index is 15.4. The van der Waals surface area contributed by atoms with Gasteiger partial charge in [-0.3, -0.25) is 0 Å². The summed E-state index contributed by atoms with van der Waals surface area (Å²) in [5.74, 6) is -35.3. The Morgan fingerprint density at radius 2 is 0.747 bits per heavy atom. The zero-order valence-corrected chi connectivity index (χ0v) is 36.9. The first kappa shape index (κ1) is 48.9. The van der Waals surface area contributed by atoms with Gasteiger partial charge in [0.05, 0.1) is 46.4 Å². The van der Waals surface area contributed by atoms with Gasteiger partial charge in [-0.15, -0.1) is 0 Å². The number of hydrogen-bond acceptors (Lipinski definition) is 29. The molecule has 392 valence electrons. The van der Waals surface area contributed by atoms with E-state index in [4.69, 9.17) is 28.4 Å². The van der Waals surface area contributed by atoms with Gasteiger partial charge in [0.25, 0.3) is 0 Å². The van der Waals surface area contributed by atoms with E-state index in [0.717, 1.165) is 0 Å². The largest absolute Gasteiger partial charge is 0.504 e. The van der Waals surface area contributed by atoms with Crippen LogP contribution < -0.4 is 0 Å². The number of carbonyl (C=O) groups is 5. The Balaban J connectivity index is 1.38. The summed E-state index contributed by atoms with van der Waals surface area (Å²) in [4.78, 5) is 74.4. The van der Waals surface area contributed by atoms with Crippen molar-refractivity contribution in [2.45, 2.75) is 54.7 Å². The molecule has 6 heterocycles. The Morgan fingerprint density at radius 3 is 1.28 bits per heavy atom. The normalized spacial score (nSPS) is 24.8. The maximum atomic E-state index is 15.4. The Hall–Kier alpha value is -9.71. The minimum Gasteiger partial charge on any atom is -0.504 e. The molecule has 29 heteroatoms. The molecular formula is C46H34O29. The van der Waals surface area contributed by atoms with E-state index in [1.165, 1.54) is 0 Å². The lowest BCUT2D eigenvalue weighted by Crippen LogP contribution is -2.61. The van der Waals surface area contributed by atoms with Crippen LogP contribution in [0.5, 0.6) is 86.2 Å². The highest BCUT2D eigenvalue weighted by Gasteiger charge is 2.59. The number of phenolic OH excluding ortho intramolecular Hbond substituents is 15. The molecule has 9 unspecified atom stereocenters. The Labute approximate surface area is 412 Å². The maximum Gasteiger partial charge on any atom is 0.340 e. The number of ether oxygens (including phenoxy) is 6. The van der Waals surface area contributed by atoms with E-state index < -0.39 is 251 Å². The molecule has 5 aromatic carbocycles. The van der Waals surface area contributed by atoms with Crippen LogP contribution in [0.1, 0.15) is 63.3 Å². The van der Waals surface area contributed by atoms with Gasteiger partial charge in [-0.2, -0.15) is 0 Å². The summed E-state index contributed by atoms with van der Waals surface area (Å²) >= 11 is 0. The monoisotopic (exact) mass is 1050 g/mol. The van der Waals surface area contributed by atoms with E-state index in [-0.39, 0.29) is 0 Å². The SMILES string of the molecule is O=C1OCC2OC(=O)c3cc(O)c(O)c(O)c3-c3c(O)c(O)c(O)c4c3C(=O)OC(C2OC(=O)c2cc(O)c(O)c(O)c2-c2c1cc(O)c(O)c2O)C1OC(=O)c2c-4c(O)c(O)c(O)c2C1C1OCC(O)C(O)C1O. The van der Waals surface area contributed by atoms with E-state index in [2.05, 4.69) is 0 Å². The van der Waals surface area contributed by atoms with Gasteiger partial charge in [0, 0.05) is 38.9 Å². The van der Waals surface area contributed by atoms with Crippen LogP contribution in [0.2, 0.25) is 0 Å². The van der Waals surface area contributed by atoms with Crippen molar-refractivity contribution in [2.75, 3.05) is 13.2 Å².